The number of hydrogen-bond donors (Lipinski definition) is 1. The third-order valence-corrected chi connectivity index (χ3v) is 4.25. The third-order valence-electron chi connectivity index (χ3n) is 4.25. The van der Waals surface area contributed by atoms with E-state index < -0.39 is 0 Å². The highest BCUT2D eigenvalue weighted by molar-refractivity contribution is 5.75. The molecule has 1 saturated heterocycles. The predicted octanol–water partition coefficient (Wildman–Crippen LogP) is 2.61. The van der Waals surface area contributed by atoms with Crippen molar-refractivity contribution in [2.75, 3.05) is 29.9 Å². The lowest BCUT2D eigenvalue weighted by Crippen LogP contribution is -2.45. The molecular weight excluding hydrogens is 252 g/mol. The van der Waals surface area contributed by atoms with Crippen LogP contribution in [0, 0.1) is 11.8 Å². The molecule has 0 radical (unpaired) electrons. The van der Waals surface area contributed by atoms with Crippen LogP contribution in [-0.2, 0) is 0 Å². The van der Waals surface area contributed by atoms with Crippen molar-refractivity contribution in [2.24, 2.45) is 11.8 Å². The molecule has 0 atom stereocenters. The van der Waals surface area contributed by atoms with E-state index in [2.05, 4.69) is 31.0 Å². The Morgan fingerprint density at radius 2 is 1.90 bits per heavy atom. The number of rotatable bonds is 6. The van der Waals surface area contributed by atoms with Gasteiger partial charge in [0.15, 0.2) is 0 Å². The van der Waals surface area contributed by atoms with Crippen LogP contribution in [0.25, 0.3) is 0 Å². The van der Waals surface area contributed by atoms with Gasteiger partial charge in [0.25, 0.3) is 10.9 Å². The number of anilines is 2. The molecule has 1 N–H and O–H groups in total. The Hall–Kier alpha value is -1.32. The maximum absolute atomic E-state index is 11.8. The third kappa shape index (κ3) is 3.22. The summed E-state index contributed by atoms with van der Waals surface area (Å²) in [6.07, 6.45) is 4.38. The second-order valence-corrected chi connectivity index (χ2v) is 6.51. The maximum atomic E-state index is 11.8. The van der Waals surface area contributed by atoms with Gasteiger partial charge in [0, 0.05) is 21.1 Å². The fourth-order valence-corrected chi connectivity index (χ4v) is 2.80. The molecule has 0 aromatic heterocycles. The molecule has 1 aromatic carbocycles. The van der Waals surface area contributed by atoms with Gasteiger partial charge in [0.2, 0.25) is 0 Å². The minimum absolute atomic E-state index is 0. The molecule has 0 spiro atoms. The minimum atomic E-state index is -0.330. The van der Waals surface area contributed by atoms with Gasteiger partial charge in [0.1, 0.15) is 11.4 Å². The molecule has 1 aromatic rings. The fourth-order valence-electron chi connectivity index (χ4n) is 2.80. The summed E-state index contributed by atoms with van der Waals surface area (Å²) in [5, 5.41) is 3.18. The molecule has 2 rings (SSSR count). The molecule has 4 nitrogen and oxygen atoms in total. The molecule has 1 heterocycles. The molecule has 0 saturated carbocycles. The first-order chi connectivity index (χ1) is 9.50. The Labute approximate surface area is 122 Å². The number of nitrogens with zero attached hydrogens (tertiary/aromatic N) is 1. The summed E-state index contributed by atoms with van der Waals surface area (Å²) in [6.45, 7) is 9.19. The first-order valence-electron chi connectivity index (χ1n) is 7.82. The Morgan fingerprint density at radius 3 is 2.50 bits per heavy atom. The Morgan fingerprint density at radius 1 is 1.25 bits per heavy atom. The van der Waals surface area contributed by atoms with Crippen LogP contribution in [0.1, 0.15) is 47.9 Å². The van der Waals surface area contributed by atoms with E-state index in [0.717, 1.165) is 51.2 Å². The van der Waals surface area contributed by atoms with Crippen LogP contribution in [0.3, 0.4) is 0 Å². The average molecular weight is 280 g/mol. The SMILES string of the molecule is CC(C)CCCNc1c(N2CCC(C)CC2)c(=O)c1=O.[HH]. The molecule has 20 heavy (non-hydrogen) atoms. The summed E-state index contributed by atoms with van der Waals surface area (Å²) < 4.78 is 0. The first kappa shape index (κ1) is 15.1. The quantitative estimate of drug-likeness (QED) is 0.643. The van der Waals surface area contributed by atoms with Crippen molar-refractivity contribution in [1.29, 1.82) is 0 Å². The van der Waals surface area contributed by atoms with Gasteiger partial charge in [-0.2, -0.15) is 0 Å². The molecule has 4 heteroatoms. The molecule has 0 aliphatic carbocycles. The second-order valence-electron chi connectivity index (χ2n) is 6.51. The van der Waals surface area contributed by atoms with Crippen molar-refractivity contribution in [3.05, 3.63) is 20.4 Å². The Bertz CT molecular complexity index is 512. The van der Waals surface area contributed by atoms with Crippen LogP contribution in [0.15, 0.2) is 9.59 Å². The smallest absolute Gasteiger partial charge is 0.253 e. The molecular formula is C16H28N2O2. The molecule has 1 aliphatic rings. The van der Waals surface area contributed by atoms with E-state index in [1.165, 1.54) is 0 Å². The van der Waals surface area contributed by atoms with Gasteiger partial charge >= 0.3 is 0 Å². The van der Waals surface area contributed by atoms with Gasteiger partial charge in [-0.1, -0.05) is 20.8 Å². The zero-order chi connectivity index (χ0) is 14.7. The Balaban J connectivity index is 0.00000220. The Kier molecular flexibility index (Phi) is 4.84. The van der Waals surface area contributed by atoms with Gasteiger partial charge in [-0.05, 0) is 37.5 Å². The highest BCUT2D eigenvalue weighted by Gasteiger charge is 2.27. The standard InChI is InChI=1S/C16H26N2O2.H2/c1-11(2)5-4-8-17-13-14(16(20)15(13)19)18-9-6-12(3)7-10-18;/h11-12,17H,4-10H2,1-3H3;1H. The van der Waals surface area contributed by atoms with E-state index in [1.807, 2.05) is 0 Å². The van der Waals surface area contributed by atoms with E-state index in [1.54, 1.807) is 0 Å². The lowest BCUT2D eigenvalue weighted by atomic mass is 9.98. The second kappa shape index (κ2) is 6.42. The van der Waals surface area contributed by atoms with Crippen LogP contribution in [0.2, 0.25) is 0 Å². The summed E-state index contributed by atoms with van der Waals surface area (Å²) in [5.74, 6) is 1.40. The maximum Gasteiger partial charge on any atom is 0.253 e. The van der Waals surface area contributed by atoms with Crippen molar-refractivity contribution >= 4 is 11.4 Å². The zero-order valence-corrected chi connectivity index (χ0v) is 12.9. The van der Waals surface area contributed by atoms with E-state index in [-0.39, 0.29) is 12.3 Å². The topological polar surface area (TPSA) is 49.4 Å². The molecule has 0 unspecified atom stereocenters. The largest absolute Gasteiger partial charge is 0.380 e. The van der Waals surface area contributed by atoms with E-state index in [9.17, 15) is 9.59 Å². The molecule has 0 bridgehead atoms. The van der Waals surface area contributed by atoms with E-state index in [0.29, 0.717) is 17.3 Å². The van der Waals surface area contributed by atoms with Gasteiger partial charge in [-0.25, -0.2) is 0 Å². The average Bonchev–Trinajstić information content (AvgIpc) is 2.42. The lowest BCUT2D eigenvalue weighted by Gasteiger charge is -2.33. The summed E-state index contributed by atoms with van der Waals surface area (Å²) in [5.41, 5.74) is 0.578. The van der Waals surface area contributed by atoms with Gasteiger partial charge in [0.05, 0.1) is 0 Å². The van der Waals surface area contributed by atoms with Crippen molar-refractivity contribution in [1.82, 2.24) is 0 Å². The fraction of sp³-hybridized carbons (Fsp3) is 0.750. The van der Waals surface area contributed by atoms with E-state index >= 15 is 0 Å². The number of hydrogen-bond acceptors (Lipinski definition) is 4. The van der Waals surface area contributed by atoms with Gasteiger partial charge in [-0.15, -0.1) is 0 Å². The normalized spacial score (nSPS) is 17.1. The zero-order valence-electron chi connectivity index (χ0n) is 12.9. The highest BCUT2D eigenvalue weighted by atomic mass is 16.2. The molecule has 0 amide bonds. The first-order valence-corrected chi connectivity index (χ1v) is 7.82. The lowest BCUT2D eigenvalue weighted by molar-refractivity contribution is 0.437. The monoisotopic (exact) mass is 280 g/mol. The van der Waals surface area contributed by atoms with E-state index in [4.69, 9.17) is 0 Å². The van der Waals surface area contributed by atoms with Crippen LogP contribution in [0.4, 0.5) is 11.4 Å². The minimum Gasteiger partial charge on any atom is -0.380 e. The summed E-state index contributed by atoms with van der Waals surface area (Å²) in [7, 11) is 0. The van der Waals surface area contributed by atoms with Gasteiger partial charge in [-0.3, -0.25) is 9.59 Å². The summed E-state index contributed by atoms with van der Waals surface area (Å²) >= 11 is 0. The number of piperidine rings is 1. The molecule has 1 fully saturated rings. The summed E-state index contributed by atoms with van der Waals surface area (Å²) in [6, 6.07) is 0. The van der Waals surface area contributed by atoms with Crippen LogP contribution >= 0.6 is 0 Å². The van der Waals surface area contributed by atoms with Crippen molar-refractivity contribution in [3.8, 4) is 0 Å². The van der Waals surface area contributed by atoms with Crippen LogP contribution < -0.4 is 21.1 Å². The van der Waals surface area contributed by atoms with Crippen molar-refractivity contribution < 1.29 is 1.43 Å². The highest BCUT2D eigenvalue weighted by Crippen LogP contribution is 2.26. The van der Waals surface area contributed by atoms with Crippen molar-refractivity contribution in [3.63, 3.8) is 0 Å². The predicted molar refractivity (Wildman–Crippen MR) is 86.6 cm³/mol. The van der Waals surface area contributed by atoms with Crippen LogP contribution in [0.5, 0.6) is 0 Å². The summed E-state index contributed by atoms with van der Waals surface area (Å²) in [4.78, 5) is 25.6. The molecule has 1 aliphatic heterocycles. The van der Waals surface area contributed by atoms with Crippen molar-refractivity contribution in [2.45, 2.75) is 46.5 Å². The van der Waals surface area contributed by atoms with Crippen LogP contribution in [-0.4, -0.2) is 19.6 Å². The molecule has 114 valence electrons. The number of nitrogens with one attached hydrogen (secondary N) is 1. The van der Waals surface area contributed by atoms with Gasteiger partial charge < -0.3 is 10.2 Å².